The third kappa shape index (κ3) is 4.29. The van der Waals surface area contributed by atoms with Crippen molar-refractivity contribution < 1.29 is 13.4 Å². The molecule has 5 aromatic rings. The van der Waals surface area contributed by atoms with E-state index in [2.05, 4.69) is 96.2 Å². The molecule has 0 unspecified atom stereocenters. The van der Waals surface area contributed by atoms with E-state index in [1.54, 1.807) is 13.0 Å². The maximum Gasteiger partial charge on any atom is 0.216 e. The molecule has 2 nitrogen and oxygen atoms in total. The lowest BCUT2D eigenvalue weighted by Crippen LogP contribution is -2.43. The number of aromatic nitrogens is 1. The standard InChI is InChI=1S/C33H39FNOSi/c1-19-15-25-23-13-14-26(34)21(3)31(23)36-32(25)30(20(19)2)28-17-29(37(8,9)10)24-12-11-22(18-33(4,5)6)16-27(24)35(28)7/h11-17H,18H2,1-10H3/q+1. The van der Waals surface area contributed by atoms with Gasteiger partial charge in [-0.25, -0.2) is 4.39 Å². The fourth-order valence-electron chi connectivity index (χ4n) is 5.73. The van der Waals surface area contributed by atoms with Crippen molar-refractivity contribution in [1.82, 2.24) is 0 Å². The molecule has 0 aliphatic heterocycles. The molecule has 0 spiro atoms. The molecule has 0 N–H and O–H groups in total. The molecule has 0 aliphatic rings. The molecule has 37 heavy (non-hydrogen) atoms. The van der Waals surface area contributed by atoms with Gasteiger partial charge in [0.05, 0.1) is 13.6 Å². The predicted molar refractivity (Wildman–Crippen MR) is 158 cm³/mol. The lowest BCUT2D eigenvalue weighted by molar-refractivity contribution is -0.633. The zero-order valence-corrected chi connectivity index (χ0v) is 25.0. The molecule has 0 bridgehead atoms. The number of pyridine rings is 1. The normalized spacial score (nSPS) is 12.8. The van der Waals surface area contributed by atoms with E-state index in [0.29, 0.717) is 11.1 Å². The van der Waals surface area contributed by atoms with Crippen LogP contribution in [-0.4, -0.2) is 8.07 Å². The van der Waals surface area contributed by atoms with Gasteiger partial charge in [0.25, 0.3) is 0 Å². The van der Waals surface area contributed by atoms with Gasteiger partial charge < -0.3 is 4.42 Å². The third-order valence-corrected chi connectivity index (χ3v) is 9.82. The number of rotatable bonds is 3. The minimum atomic E-state index is -1.69. The van der Waals surface area contributed by atoms with Gasteiger partial charge in [0.15, 0.2) is 0 Å². The molecule has 0 amide bonds. The maximum atomic E-state index is 14.5. The Kier molecular flexibility index (Phi) is 5.91. The van der Waals surface area contributed by atoms with Gasteiger partial charge in [-0.3, -0.25) is 0 Å². The number of benzene rings is 3. The van der Waals surface area contributed by atoms with Crippen LogP contribution in [-0.2, 0) is 13.5 Å². The Balaban J connectivity index is 1.92. The summed E-state index contributed by atoms with van der Waals surface area (Å²) in [6.45, 7) is 20.3. The number of hydrogen-bond acceptors (Lipinski definition) is 1. The minimum absolute atomic E-state index is 0.214. The van der Waals surface area contributed by atoms with Crippen molar-refractivity contribution in [2.75, 3.05) is 0 Å². The van der Waals surface area contributed by atoms with Gasteiger partial charge in [-0.05, 0) is 78.7 Å². The van der Waals surface area contributed by atoms with Gasteiger partial charge in [-0.1, -0.05) is 46.5 Å². The summed E-state index contributed by atoms with van der Waals surface area (Å²) in [5.41, 5.74) is 9.54. The number of nitrogens with zero attached hydrogens (tertiary/aromatic N) is 1. The monoisotopic (exact) mass is 512 g/mol. The molecule has 192 valence electrons. The lowest BCUT2D eigenvalue weighted by atomic mass is 9.88. The Morgan fingerprint density at radius 2 is 1.51 bits per heavy atom. The molecular formula is C33H39FNOSi+. The summed E-state index contributed by atoms with van der Waals surface area (Å²) in [4.78, 5) is 0. The van der Waals surface area contributed by atoms with E-state index in [1.807, 2.05) is 6.07 Å². The van der Waals surface area contributed by atoms with Crippen molar-refractivity contribution in [3.8, 4) is 11.3 Å². The van der Waals surface area contributed by atoms with E-state index in [4.69, 9.17) is 4.42 Å². The van der Waals surface area contributed by atoms with Crippen LogP contribution in [0, 0.1) is 32.0 Å². The average Bonchev–Trinajstić information content (AvgIpc) is 3.15. The van der Waals surface area contributed by atoms with Crippen molar-refractivity contribution in [2.45, 2.75) is 67.6 Å². The van der Waals surface area contributed by atoms with Gasteiger partial charge in [0, 0.05) is 33.9 Å². The Labute approximate surface area is 221 Å². The molecule has 0 saturated carbocycles. The van der Waals surface area contributed by atoms with Gasteiger partial charge in [0.2, 0.25) is 11.2 Å². The fourth-order valence-corrected chi connectivity index (χ4v) is 7.32. The second-order valence-electron chi connectivity index (χ2n) is 13.1. The van der Waals surface area contributed by atoms with Crippen molar-refractivity contribution in [3.63, 3.8) is 0 Å². The molecule has 0 radical (unpaired) electrons. The summed E-state index contributed by atoms with van der Waals surface area (Å²) in [6.07, 6.45) is 1.03. The molecule has 5 rings (SSSR count). The van der Waals surface area contributed by atoms with Crippen LogP contribution in [0.5, 0.6) is 0 Å². The highest BCUT2D eigenvalue weighted by atomic mass is 28.3. The first-order valence-electron chi connectivity index (χ1n) is 13.3. The number of furan rings is 1. The van der Waals surface area contributed by atoms with Gasteiger partial charge in [0.1, 0.15) is 24.0 Å². The highest BCUT2D eigenvalue weighted by Gasteiger charge is 2.30. The van der Waals surface area contributed by atoms with Crippen LogP contribution in [0.4, 0.5) is 4.39 Å². The number of halogens is 1. The zero-order valence-electron chi connectivity index (χ0n) is 24.0. The first kappa shape index (κ1) is 25.7. The average molecular weight is 513 g/mol. The number of hydrogen-bond donors (Lipinski definition) is 0. The van der Waals surface area contributed by atoms with Crippen molar-refractivity contribution >= 4 is 46.1 Å². The van der Waals surface area contributed by atoms with E-state index in [0.717, 1.165) is 34.0 Å². The Bertz CT molecular complexity index is 1710. The highest BCUT2D eigenvalue weighted by Crippen LogP contribution is 2.40. The van der Waals surface area contributed by atoms with E-state index in [9.17, 15) is 4.39 Å². The second-order valence-corrected chi connectivity index (χ2v) is 18.1. The minimum Gasteiger partial charge on any atom is -0.455 e. The quantitative estimate of drug-likeness (QED) is 0.175. The second kappa shape index (κ2) is 8.52. The first-order chi connectivity index (χ1) is 17.2. The molecule has 0 saturated heterocycles. The summed E-state index contributed by atoms with van der Waals surface area (Å²) in [5, 5.41) is 4.81. The summed E-state index contributed by atoms with van der Waals surface area (Å²) >= 11 is 0. The molecule has 4 heteroatoms. The summed E-state index contributed by atoms with van der Waals surface area (Å²) in [6, 6.07) is 15.0. The largest absolute Gasteiger partial charge is 0.455 e. The van der Waals surface area contributed by atoms with E-state index in [1.165, 1.54) is 32.8 Å². The van der Waals surface area contributed by atoms with Crippen molar-refractivity contribution in [2.24, 2.45) is 12.5 Å². The summed E-state index contributed by atoms with van der Waals surface area (Å²) in [7, 11) is 0.485. The molecular weight excluding hydrogens is 473 g/mol. The van der Waals surface area contributed by atoms with Crippen LogP contribution in [0.2, 0.25) is 19.6 Å². The van der Waals surface area contributed by atoms with Gasteiger partial charge in [-0.15, -0.1) is 0 Å². The fraction of sp³-hybridized carbons (Fsp3) is 0.364. The van der Waals surface area contributed by atoms with E-state index < -0.39 is 8.07 Å². The van der Waals surface area contributed by atoms with Crippen molar-refractivity contribution in [3.05, 3.63) is 70.5 Å². The van der Waals surface area contributed by atoms with Crippen LogP contribution < -0.4 is 9.75 Å². The molecule has 0 aliphatic carbocycles. The van der Waals surface area contributed by atoms with E-state index >= 15 is 0 Å². The van der Waals surface area contributed by atoms with Crippen molar-refractivity contribution in [1.29, 1.82) is 0 Å². The zero-order chi connectivity index (χ0) is 27.0. The molecule has 3 aromatic carbocycles. The van der Waals surface area contributed by atoms with Crippen LogP contribution in [0.15, 0.2) is 46.9 Å². The SMILES string of the molecule is Cc1cc2c(oc3c(C)c(F)ccc32)c(-c2cc([Si](C)(C)C)c3ccc(CC(C)(C)C)cc3[n+]2C)c1C. The third-order valence-electron chi connectivity index (χ3n) is 7.79. The van der Waals surface area contributed by atoms with Gasteiger partial charge in [-0.2, -0.15) is 4.57 Å². The van der Waals surface area contributed by atoms with Crippen LogP contribution in [0.25, 0.3) is 44.1 Å². The van der Waals surface area contributed by atoms with Crippen LogP contribution >= 0.6 is 0 Å². The topological polar surface area (TPSA) is 17.0 Å². The smallest absolute Gasteiger partial charge is 0.216 e. The van der Waals surface area contributed by atoms with Crippen LogP contribution in [0.3, 0.4) is 0 Å². The van der Waals surface area contributed by atoms with Crippen LogP contribution in [0.1, 0.15) is 43.0 Å². The lowest BCUT2D eigenvalue weighted by Gasteiger charge is -2.22. The summed E-state index contributed by atoms with van der Waals surface area (Å²) < 4.78 is 23.3. The highest BCUT2D eigenvalue weighted by molar-refractivity contribution is 6.90. The number of aryl methyl sites for hydroxylation is 3. The van der Waals surface area contributed by atoms with E-state index in [-0.39, 0.29) is 11.2 Å². The molecule has 0 atom stereocenters. The number of fused-ring (bicyclic) bond motifs is 4. The Morgan fingerprint density at radius 3 is 2.16 bits per heavy atom. The molecule has 0 fully saturated rings. The molecule has 2 heterocycles. The van der Waals surface area contributed by atoms with Gasteiger partial charge >= 0.3 is 0 Å². The first-order valence-corrected chi connectivity index (χ1v) is 16.8. The Hall–Kier alpha value is -2.98. The Morgan fingerprint density at radius 1 is 0.838 bits per heavy atom. The molecule has 2 aromatic heterocycles. The maximum absolute atomic E-state index is 14.5. The predicted octanol–water partition coefficient (Wildman–Crippen LogP) is 8.43. The summed E-state index contributed by atoms with van der Waals surface area (Å²) in [5.74, 6) is -0.231.